The molecule has 2 amide bonds. The lowest BCUT2D eigenvalue weighted by Crippen LogP contribution is -2.56. The first kappa shape index (κ1) is 13.0. The molecule has 0 saturated carbocycles. The maximum atomic E-state index is 11.7. The molecule has 1 rings (SSSR count). The van der Waals surface area contributed by atoms with Crippen molar-refractivity contribution in [2.75, 3.05) is 13.1 Å². The van der Waals surface area contributed by atoms with E-state index < -0.39 is 6.04 Å². The molecule has 3 N–H and O–H groups in total. The van der Waals surface area contributed by atoms with E-state index >= 15 is 0 Å². The van der Waals surface area contributed by atoms with Crippen LogP contribution in [0.5, 0.6) is 0 Å². The molecule has 1 atom stereocenters. The first-order valence-corrected chi connectivity index (χ1v) is 5.63. The van der Waals surface area contributed by atoms with E-state index in [2.05, 4.69) is 16.0 Å². The largest absolute Gasteiger partial charge is 0.350 e. The zero-order valence-electron chi connectivity index (χ0n) is 10.4. The molecule has 5 heteroatoms. The lowest BCUT2D eigenvalue weighted by atomic mass is 10.0. The van der Waals surface area contributed by atoms with Crippen LogP contribution in [0.3, 0.4) is 0 Å². The number of hydrogen-bond donors (Lipinski definition) is 3. The standard InChI is InChI=1S/C11H21N3O2/c1-7(9(15)14-11(2,3)4)13-10(16)8-5-12-6-8/h7-8,12H,5-6H2,1-4H3,(H,13,16)(H,14,15). The molecule has 1 unspecified atom stereocenters. The summed E-state index contributed by atoms with van der Waals surface area (Å²) in [6, 6.07) is -0.479. The Morgan fingerprint density at radius 1 is 1.31 bits per heavy atom. The van der Waals surface area contributed by atoms with E-state index in [1.165, 1.54) is 0 Å². The SMILES string of the molecule is CC(NC(=O)C1CNC1)C(=O)NC(C)(C)C. The van der Waals surface area contributed by atoms with Crippen LogP contribution in [0.1, 0.15) is 27.7 Å². The van der Waals surface area contributed by atoms with Gasteiger partial charge in [-0.1, -0.05) is 0 Å². The van der Waals surface area contributed by atoms with Crippen molar-refractivity contribution in [3.8, 4) is 0 Å². The van der Waals surface area contributed by atoms with Crippen LogP contribution < -0.4 is 16.0 Å². The highest BCUT2D eigenvalue weighted by molar-refractivity contribution is 5.88. The smallest absolute Gasteiger partial charge is 0.242 e. The highest BCUT2D eigenvalue weighted by atomic mass is 16.2. The quantitative estimate of drug-likeness (QED) is 0.616. The molecule has 0 bridgehead atoms. The molecule has 1 saturated heterocycles. The van der Waals surface area contributed by atoms with Crippen molar-refractivity contribution in [1.29, 1.82) is 0 Å². The van der Waals surface area contributed by atoms with Crippen molar-refractivity contribution in [1.82, 2.24) is 16.0 Å². The van der Waals surface area contributed by atoms with Crippen LogP contribution >= 0.6 is 0 Å². The van der Waals surface area contributed by atoms with Gasteiger partial charge in [0.25, 0.3) is 0 Å². The molecular formula is C11H21N3O2. The molecule has 0 aromatic heterocycles. The average Bonchev–Trinajstić information content (AvgIpc) is 1.96. The molecule has 5 nitrogen and oxygen atoms in total. The van der Waals surface area contributed by atoms with Crippen molar-refractivity contribution in [3.63, 3.8) is 0 Å². The second-order valence-electron chi connectivity index (χ2n) is 5.32. The van der Waals surface area contributed by atoms with Crippen LogP contribution in [0.4, 0.5) is 0 Å². The van der Waals surface area contributed by atoms with Crippen molar-refractivity contribution in [2.45, 2.75) is 39.3 Å². The third-order valence-corrected chi connectivity index (χ3v) is 2.40. The Bertz CT molecular complexity index is 279. The number of nitrogens with one attached hydrogen (secondary N) is 3. The number of hydrogen-bond acceptors (Lipinski definition) is 3. The summed E-state index contributed by atoms with van der Waals surface area (Å²) in [5.74, 6) is -0.173. The number of rotatable bonds is 3. The van der Waals surface area contributed by atoms with Gasteiger partial charge in [0.2, 0.25) is 11.8 Å². The fourth-order valence-corrected chi connectivity index (χ4v) is 1.35. The molecule has 0 aromatic carbocycles. The summed E-state index contributed by atoms with van der Waals surface area (Å²) >= 11 is 0. The molecule has 0 aromatic rings. The van der Waals surface area contributed by atoms with Gasteiger partial charge < -0.3 is 16.0 Å². The van der Waals surface area contributed by atoms with Gasteiger partial charge in [-0.25, -0.2) is 0 Å². The van der Waals surface area contributed by atoms with Crippen LogP contribution in [0.2, 0.25) is 0 Å². The molecule has 92 valence electrons. The molecular weight excluding hydrogens is 206 g/mol. The minimum absolute atomic E-state index is 0.0184. The Morgan fingerprint density at radius 2 is 1.88 bits per heavy atom. The Hall–Kier alpha value is -1.10. The zero-order valence-corrected chi connectivity index (χ0v) is 10.4. The van der Waals surface area contributed by atoms with Crippen molar-refractivity contribution < 1.29 is 9.59 Å². The summed E-state index contributed by atoms with van der Waals surface area (Å²) in [4.78, 5) is 23.3. The monoisotopic (exact) mass is 227 g/mol. The summed E-state index contributed by atoms with van der Waals surface area (Å²) in [6.07, 6.45) is 0. The Labute approximate surface area is 96.4 Å². The van der Waals surface area contributed by atoms with Gasteiger partial charge in [-0.15, -0.1) is 0 Å². The third kappa shape index (κ3) is 3.81. The fraction of sp³-hybridized carbons (Fsp3) is 0.818. The van der Waals surface area contributed by atoms with Gasteiger partial charge in [-0.2, -0.15) is 0 Å². The van der Waals surface area contributed by atoms with Gasteiger partial charge in [0.15, 0.2) is 0 Å². The van der Waals surface area contributed by atoms with Crippen LogP contribution in [0.25, 0.3) is 0 Å². The van der Waals surface area contributed by atoms with Crippen molar-refractivity contribution in [2.24, 2.45) is 5.92 Å². The average molecular weight is 227 g/mol. The minimum Gasteiger partial charge on any atom is -0.350 e. The molecule has 1 aliphatic heterocycles. The molecule has 0 spiro atoms. The van der Waals surface area contributed by atoms with Crippen LogP contribution in [-0.4, -0.2) is 36.5 Å². The van der Waals surface area contributed by atoms with E-state index in [9.17, 15) is 9.59 Å². The summed E-state index contributed by atoms with van der Waals surface area (Å²) in [6.45, 7) is 8.85. The maximum Gasteiger partial charge on any atom is 0.242 e. The lowest BCUT2D eigenvalue weighted by Gasteiger charge is -2.28. The Morgan fingerprint density at radius 3 is 2.25 bits per heavy atom. The normalized spacial score (nSPS) is 18.5. The summed E-state index contributed by atoms with van der Waals surface area (Å²) in [7, 11) is 0. The molecule has 1 heterocycles. The highest BCUT2D eigenvalue weighted by Crippen LogP contribution is 2.04. The van der Waals surface area contributed by atoms with Crippen LogP contribution in [-0.2, 0) is 9.59 Å². The number of amides is 2. The molecule has 16 heavy (non-hydrogen) atoms. The topological polar surface area (TPSA) is 70.2 Å². The van der Waals surface area contributed by atoms with Crippen LogP contribution in [0, 0.1) is 5.92 Å². The van der Waals surface area contributed by atoms with Gasteiger partial charge in [0.05, 0.1) is 5.92 Å². The number of carbonyl (C=O) groups excluding carboxylic acids is 2. The maximum absolute atomic E-state index is 11.7. The second-order valence-corrected chi connectivity index (χ2v) is 5.32. The van der Waals surface area contributed by atoms with Gasteiger partial charge in [0, 0.05) is 18.6 Å². The van der Waals surface area contributed by atoms with E-state index in [4.69, 9.17) is 0 Å². The van der Waals surface area contributed by atoms with E-state index in [1.807, 2.05) is 20.8 Å². The summed E-state index contributed by atoms with van der Waals surface area (Å²) in [5, 5.41) is 8.56. The number of carbonyl (C=O) groups is 2. The fourth-order valence-electron chi connectivity index (χ4n) is 1.35. The van der Waals surface area contributed by atoms with Crippen molar-refractivity contribution >= 4 is 11.8 Å². The zero-order chi connectivity index (χ0) is 12.3. The molecule has 0 radical (unpaired) electrons. The predicted molar refractivity (Wildman–Crippen MR) is 61.9 cm³/mol. The van der Waals surface area contributed by atoms with E-state index in [1.54, 1.807) is 6.92 Å². The third-order valence-electron chi connectivity index (χ3n) is 2.40. The first-order chi connectivity index (χ1) is 7.29. The molecule has 1 fully saturated rings. The van der Waals surface area contributed by atoms with E-state index in [-0.39, 0.29) is 23.3 Å². The van der Waals surface area contributed by atoms with Crippen LogP contribution in [0.15, 0.2) is 0 Å². The van der Waals surface area contributed by atoms with E-state index in [0.29, 0.717) is 13.1 Å². The van der Waals surface area contributed by atoms with E-state index in [0.717, 1.165) is 0 Å². The Kier molecular flexibility index (Phi) is 3.91. The van der Waals surface area contributed by atoms with Gasteiger partial charge in [-0.3, -0.25) is 9.59 Å². The van der Waals surface area contributed by atoms with Gasteiger partial charge in [-0.05, 0) is 27.7 Å². The molecule has 0 aliphatic carbocycles. The Balaban J connectivity index is 2.36. The van der Waals surface area contributed by atoms with Crippen molar-refractivity contribution in [3.05, 3.63) is 0 Å². The minimum atomic E-state index is -0.479. The first-order valence-electron chi connectivity index (χ1n) is 5.63. The molecule has 1 aliphatic rings. The second kappa shape index (κ2) is 4.82. The summed E-state index contributed by atoms with van der Waals surface area (Å²) < 4.78 is 0. The lowest BCUT2D eigenvalue weighted by molar-refractivity contribution is -0.132. The highest BCUT2D eigenvalue weighted by Gasteiger charge is 2.28. The predicted octanol–water partition coefficient (Wildman–Crippen LogP) is -0.375. The van der Waals surface area contributed by atoms with Gasteiger partial charge in [0.1, 0.15) is 6.04 Å². The summed E-state index contributed by atoms with van der Waals surface area (Å²) in [5.41, 5.74) is -0.270. The van der Waals surface area contributed by atoms with Gasteiger partial charge >= 0.3 is 0 Å².